The van der Waals surface area contributed by atoms with Gasteiger partial charge in [0.25, 0.3) is 0 Å². The highest BCUT2D eigenvalue weighted by atomic mass is 15.3. The van der Waals surface area contributed by atoms with Crippen molar-refractivity contribution in [3.63, 3.8) is 0 Å². The van der Waals surface area contributed by atoms with Gasteiger partial charge in [-0.2, -0.15) is 5.10 Å². The van der Waals surface area contributed by atoms with E-state index in [1.165, 1.54) is 35.9 Å². The summed E-state index contributed by atoms with van der Waals surface area (Å²) >= 11 is 0. The highest BCUT2D eigenvalue weighted by molar-refractivity contribution is 5.82. The van der Waals surface area contributed by atoms with Gasteiger partial charge in [-0.25, -0.2) is 0 Å². The van der Waals surface area contributed by atoms with Crippen molar-refractivity contribution in [1.29, 1.82) is 0 Å². The second kappa shape index (κ2) is 4.59. The summed E-state index contributed by atoms with van der Waals surface area (Å²) in [4.78, 5) is 0. The van der Waals surface area contributed by atoms with Crippen molar-refractivity contribution in [2.24, 2.45) is 23.5 Å². The standard InChI is InChI=1S/C17H23N3/c1-2-20-16-9-4-3-6-13(16)15(19-20)10-14(18)17-11-7-5-8-12(11)17/h3-4,6,9,11-12,14,17H,2,5,7-8,10,18H2,1H3. The first-order valence-corrected chi connectivity index (χ1v) is 7.99. The number of rotatable bonds is 4. The molecule has 0 aliphatic heterocycles. The summed E-state index contributed by atoms with van der Waals surface area (Å²) in [6.07, 6.45) is 5.18. The van der Waals surface area contributed by atoms with Crippen molar-refractivity contribution >= 4 is 10.9 Å². The number of benzene rings is 1. The first-order valence-electron chi connectivity index (χ1n) is 7.99. The Bertz CT molecular complexity index is 620. The van der Waals surface area contributed by atoms with Gasteiger partial charge in [-0.3, -0.25) is 4.68 Å². The molecule has 4 rings (SSSR count). The molecular weight excluding hydrogens is 246 g/mol. The second-order valence-electron chi connectivity index (χ2n) is 6.48. The SMILES string of the molecule is CCn1nc(CC(N)C2C3CCCC32)c2ccccc21. The average molecular weight is 269 g/mol. The molecule has 1 heterocycles. The molecule has 0 amide bonds. The quantitative estimate of drug-likeness (QED) is 0.927. The molecular formula is C17H23N3. The summed E-state index contributed by atoms with van der Waals surface area (Å²) in [6.45, 7) is 3.07. The van der Waals surface area contributed by atoms with Crippen molar-refractivity contribution in [2.45, 2.75) is 45.2 Å². The lowest BCUT2D eigenvalue weighted by Crippen LogP contribution is -2.27. The molecule has 1 aromatic carbocycles. The fraction of sp³-hybridized carbons (Fsp3) is 0.588. The lowest BCUT2D eigenvalue weighted by molar-refractivity contribution is 0.479. The van der Waals surface area contributed by atoms with Gasteiger partial charge in [-0.05, 0) is 43.6 Å². The van der Waals surface area contributed by atoms with Gasteiger partial charge >= 0.3 is 0 Å². The molecule has 2 N–H and O–H groups in total. The van der Waals surface area contributed by atoms with Crippen LogP contribution in [0.15, 0.2) is 24.3 Å². The van der Waals surface area contributed by atoms with Crippen molar-refractivity contribution in [1.82, 2.24) is 9.78 Å². The van der Waals surface area contributed by atoms with Gasteiger partial charge in [0.1, 0.15) is 0 Å². The zero-order chi connectivity index (χ0) is 13.7. The molecule has 3 atom stereocenters. The van der Waals surface area contributed by atoms with Crippen LogP contribution in [0.25, 0.3) is 10.9 Å². The Balaban J connectivity index is 1.59. The predicted octanol–water partition coefficient (Wildman–Crippen LogP) is 2.97. The average Bonchev–Trinajstić information content (AvgIpc) is 2.84. The highest BCUT2D eigenvalue weighted by Crippen LogP contribution is 2.58. The van der Waals surface area contributed by atoms with Crippen LogP contribution in [0, 0.1) is 17.8 Å². The molecule has 2 fully saturated rings. The second-order valence-corrected chi connectivity index (χ2v) is 6.48. The molecule has 0 radical (unpaired) electrons. The van der Waals surface area contributed by atoms with E-state index in [0.717, 1.165) is 30.7 Å². The van der Waals surface area contributed by atoms with Crippen molar-refractivity contribution < 1.29 is 0 Å². The minimum atomic E-state index is 0.300. The fourth-order valence-corrected chi connectivity index (χ4v) is 4.46. The van der Waals surface area contributed by atoms with Crippen LogP contribution in [-0.2, 0) is 13.0 Å². The number of hydrogen-bond acceptors (Lipinski definition) is 2. The molecule has 2 saturated carbocycles. The number of para-hydroxylation sites is 1. The smallest absolute Gasteiger partial charge is 0.0718 e. The summed E-state index contributed by atoms with van der Waals surface area (Å²) in [7, 11) is 0. The Labute approximate surface area is 120 Å². The third-order valence-electron chi connectivity index (χ3n) is 5.43. The van der Waals surface area contributed by atoms with E-state index in [-0.39, 0.29) is 0 Å². The molecule has 0 saturated heterocycles. The van der Waals surface area contributed by atoms with Crippen molar-refractivity contribution in [3.8, 4) is 0 Å². The summed E-state index contributed by atoms with van der Waals surface area (Å²) in [6, 6.07) is 8.83. The molecule has 3 unspecified atom stereocenters. The summed E-state index contributed by atoms with van der Waals surface area (Å²) < 4.78 is 2.10. The van der Waals surface area contributed by atoms with E-state index in [1.807, 2.05) is 0 Å². The van der Waals surface area contributed by atoms with E-state index in [9.17, 15) is 0 Å². The van der Waals surface area contributed by atoms with Crippen LogP contribution in [0.5, 0.6) is 0 Å². The zero-order valence-electron chi connectivity index (χ0n) is 12.1. The van der Waals surface area contributed by atoms with Crippen LogP contribution < -0.4 is 5.73 Å². The number of aryl methyl sites for hydroxylation is 1. The van der Waals surface area contributed by atoms with E-state index in [2.05, 4.69) is 35.9 Å². The lowest BCUT2D eigenvalue weighted by atomic mass is 9.99. The monoisotopic (exact) mass is 269 g/mol. The Morgan fingerprint density at radius 3 is 2.80 bits per heavy atom. The van der Waals surface area contributed by atoms with Crippen LogP contribution >= 0.6 is 0 Å². The molecule has 1 aromatic heterocycles. The normalized spacial score (nSPS) is 29.6. The first-order chi connectivity index (χ1) is 9.79. The minimum Gasteiger partial charge on any atom is -0.327 e. The third kappa shape index (κ3) is 1.80. The van der Waals surface area contributed by atoms with Gasteiger partial charge < -0.3 is 5.73 Å². The van der Waals surface area contributed by atoms with Crippen molar-refractivity contribution in [3.05, 3.63) is 30.0 Å². The summed E-state index contributed by atoms with van der Waals surface area (Å²) in [5.41, 5.74) is 8.93. The number of fused-ring (bicyclic) bond motifs is 2. The lowest BCUT2D eigenvalue weighted by Gasteiger charge is -2.12. The zero-order valence-corrected chi connectivity index (χ0v) is 12.1. The number of aromatic nitrogens is 2. The molecule has 0 bridgehead atoms. The van der Waals surface area contributed by atoms with Crippen LogP contribution in [0.1, 0.15) is 31.9 Å². The molecule has 2 aliphatic carbocycles. The van der Waals surface area contributed by atoms with Gasteiger partial charge in [0.15, 0.2) is 0 Å². The molecule has 3 nitrogen and oxygen atoms in total. The Morgan fingerprint density at radius 1 is 1.30 bits per heavy atom. The van der Waals surface area contributed by atoms with E-state index in [0.29, 0.717) is 6.04 Å². The Hall–Kier alpha value is -1.35. The summed E-state index contributed by atoms with van der Waals surface area (Å²) in [5.74, 6) is 2.64. The Kier molecular flexibility index (Phi) is 2.84. The van der Waals surface area contributed by atoms with Gasteiger partial charge in [-0.1, -0.05) is 24.6 Å². The molecule has 20 heavy (non-hydrogen) atoms. The first kappa shape index (κ1) is 12.4. The summed E-state index contributed by atoms with van der Waals surface area (Å²) in [5, 5.41) is 6.08. The van der Waals surface area contributed by atoms with Crippen molar-refractivity contribution in [2.75, 3.05) is 0 Å². The van der Waals surface area contributed by atoms with Crippen LogP contribution in [0.4, 0.5) is 0 Å². The third-order valence-corrected chi connectivity index (χ3v) is 5.43. The Morgan fingerprint density at radius 2 is 2.05 bits per heavy atom. The van der Waals surface area contributed by atoms with Gasteiger partial charge in [0, 0.05) is 24.4 Å². The fourth-order valence-electron chi connectivity index (χ4n) is 4.46. The largest absolute Gasteiger partial charge is 0.327 e. The maximum atomic E-state index is 6.49. The molecule has 0 spiro atoms. The van der Waals surface area contributed by atoms with Gasteiger partial charge in [0.2, 0.25) is 0 Å². The molecule has 2 aliphatic rings. The van der Waals surface area contributed by atoms with Gasteiger partial charge in [0.05, 0.1) is 11.2 Å². The topological polar surface area (TPSA) is 43.8 Å². The molecule has 106 valence electrons. The van der Waals surface area contributed by atoms with E-state index < -0.39 is 0 Å². The minimum absolute atomic E-state index is 0.300. The maximum Gasteiger partial charge on any atom is 0.0718 e. The number of nitrogens with zero attached hydrogens (tertiary/aromatic N) is 2. The van der Waals surface area contributed by atoms with Crippen LogP contribution in [0.2, 0.25) is 0 Å². The molecule has 3 heteroatoms. The number of hydrogen-bond donors (Lipinski definition) is 1. The highest BCUT2D eigenvalue weighted by Gasteiger charge is 2.54. The van der Waals surface area contributed by atoms with Crippen LogP contribution in [-0.4, -0.2) is 15.8 Å². The van der Waals surface area contributed by atoms with E-state index >= 15 is 0 Å². The predicted molar refractivity (Wildman–Crippen MR) is 81.4 cm³/mol. The van der Waals surface area contributed by atoms with Crippen LogP contribution in [0.3, 0.4) is 0 Å². The van der Waals surface area contributed by atoms with Gasteiger partial charge in [-0.15, -0.1) is 0 Å². The van der Waals surface area contributed by atoms with E-state index in [4.69, 9.17) is 10.8 Å². The van der Waals surface area contributed by atoms with E-state index in [1.54, 1.807) is 0 Å². The number of nitrogens with two attached hydrogens (primary N) is 1. The molecule has 2 aromatic rings. The maximum absolute atomic E-state index is 6.49.